The summed E-state index contributed by atoms with van der Waals surface area (Å²) in [6.07, 6.45) is 4.00. The normalized spacial score (nSPS) is 22.6. The van der Waals surface area contributed by atoms with Crippen LogP contribution in [0.5, 0.6) is 5.75 Å². The first-order valence-corrected chi connectivity index (χ1v) is 33.6. The molecule has 4 aromatic carbocycles. The molecule has 5 heterocycles. The van der Waals surface area contributed by atoms with E-state index < -0.39 is 108 Å². The van der Waals surface area contributed by atoms with Gasteiger partial charge >= 0.3 is 0 Å². The van der Waals surface area contributed by atoms with E-state index in [0.29, 0.717) is 91.4 Å². The van der Waals surface area contributed by atoms with Crippen molar-refractivity contribution in [1.29, 1.82) is 0 Å². The molecule has 2 fully saturated rings. The second-order valence-electron chi connectivity index (χ2n) is 25.5. The number of aromatic nitrogens is 1. The van der Waals surface area contributed by atoms with E-state index in [0.717, 1.165) is 22.3 Å². The third-order valence-electron chi connectivity index (χ3n) is 18.4. The third-order valence-corrected chi connectivity index (χ3v) is 18.4. The van der Waals surface area contributed by atoms with Gasteiger partial charge in [0.15, 0.2) is 0 Å². The topological polar surface area (TPSA) is 335 Å². The first kappa shape index (κ1) is 72.5. The highest BCUT2D eigenvalue weighted by Crippen LogP contribution is 2.32. The average Bonchev–Trinajstić information content (AvgIpc) is 1.62. The number of carbonyl (C=O) groups excluding carboxylic acids is 11. The lowest BCUT2D eigenvalue weighted by Crippen LogP contribution is -2.59. The first-order valence-electron chi connectivity index (χ1n) is 33.6. The van der Waals surface area contributed by atoms with Crippen molar-refractivity contribution in [1.82, 2.24) is 62.2 Å². The number of aryl methyl sites for hydroxylation is 1. The molecule has 27 heteroatoms. The van der Waals surface area contributed by atoms with Gasteiger partial charge in [0.2, 0.25) is 65.5 Å². The lowest BCUT2D eigenvalue weighted by atomic mass is 9.95. The quantitative estimate of drug-likeness (QED) is 0.0763. The molecule has 4 aliphatic rings. The van der Waals surface area contributed by atoms with E-state index in [-0.39, 0.29) is 96.3 Å². The molecule has 4 aliphatic heterocycles. The zero-order chi connectivity index (χ0) is 69.9. The molecule has 9 N–H and O–H groups in total. The first-order chi connectivity index (χ1) is 47.2. The maximum atomic E-state index is 15.5. The van der Waals surface area contributed by atoms with Crippen LogP contribution in [0.2, 0.25) is 0 Å². The fourth-order valence-corrected chi connectivity index (χ4v) is 13.0. The molecular weight excluding hydrogens is 1260 g/mol. The zero-order valence-corrected chi connectivity index (χ0v) is 55.9. The van der Waals surface area contributed by atoms with Crippen molar-refractivity contribution in [2.45, 2.75) is 166 Å². The summed E-state index contributed by atoms with van der Waals surface area (Å²) < 4.78 is 35.1. The summed E-state index contributed by atoms with van der Waals surface area (Å²) in [7, 11) is 1.55. The molecule has 0 aliphatic carbocycles. The molecule has 0 spiro atoms. The second kappa shape index (κ2) is 34.4. The minimum Gasteiger partial charge on any atom is -0.497 e. The number of hydrogen-bond donors (Lipinski definition) is 9. The number of nitrogens with zero attached hydrogens (tertiary/aromatic N) is 3. The van der Waals surface area contributed by atoms with Crippen molar-refractivity contribution < 1.29 is 71.3 Å². The van der Waals surface area contributed by atoms with Crippen molar-refractivity contribution in [3.05, 3.63) is 136 Å². The summed E-state index contributed by atoms with van der Waals surface area (Å²) in [6, 6.07) is 18.0. The Morgan fingerprint density at radius 3 is 2.30 bits per heavy atom. The highest BCUT2D eigenvalue weighted by molar-refractivity contribution is 5.98. The lowest BCUT2D eigenvalue weighted by molar-refractivity contribution is -0.145. The number of amides is 11. The number of carbonyl (C=O) groups is 11. The Morgan fingerprint density at radius 1 is 0.735 bits per heavy atom. The van der Waals surface area contributed by atoms with Crippen LogP contribution >= 0.6 is 0 Å². The van der Waals surface area contributed by atoms with E-state index in [1.165, 1.54) is 24.0 Å². The summed E-state index contributed by atoms with van der Waals surface area (Å²) in [6.45, 7) is 5.75. The molecule has 8 bridgehead atoms. The van der Waals surface area contributed by atoms with Crippen molar-refractivity contribution in [2.24, 2.45) is 0 Å². The summed E-state index contributed by atoms with van der Waals surface area (Å²) in [5, 5.41) is 25.4. The highest BCUT2D eigenvalue weighted by atomic mass is 19.1. The standard InChI is InChI=1S/C71H89FN12O14/c1-5-25-73-67(92)64-59-23-29-83(64)68(93)57-35-50-40-82(58-19-16-52(72)36-54(50)58)27-6-7-30-97-41-51-32-46(22-26-74-70(95)71(3)24-9-28-84(71)69(94)56(78-43-85)33-45-13-17-53(96-4)18-14-45)12-15-49(51)38-76-60(86)20-21-61(87)79-44(2)65(90)77-39-62(88)80-55(66(91)81-57)34-47-10-8-11-48(31-47)37-75-63(89)42-98-59/h8,10-19,31-32,36,40,43-44,55-57,59,64H,5-7,9,20-30,33-35,37-39,41-42H2,1-4H3,(H,73,92)(H,74,95)(H,75,89)(H,76,86)(H,77,90)(H,78,85)(H,79,87)(H,80,88)(H,81,91)/t44-,55+,56+,57+,59+,64+,71+/m1/s1. The number of benzene rings is 4. The Morgan fingerprint density at radius 2 is 1.51 bits per heavy atom. The van der Waals surface area contributed by atoms with Gasteiger partial charge in [0.25, 0.3) is 0 Å². The van der Waals surface area contributed by atoms with Gasteiger partial charge in [-0.25, -0.2) is 4.39 Å². The predicted molar refractivity (Wildman–Crippen MR) is 357 cm³/mol. The maximum Gasteiger partial charge on any atom is 0.246 e. The SMILES string of the molecule is CCCNC(=O)[C@@H]1[C@@H]2CCN1C(=O)[C@@H]1Cc3cn(c4ccc(F)cc34)CCCCOCc3cc(CCNC(=O)[C@]4(C)CCCN4C(=O)[C@H](Cc4ccc(OC)cc4)NC=O)ccc3CNC(=O)CCC(=O)N[C@H](C)C(=O)NCC(=O)N[C@@H](Cc3cccc(c3)CNC(=O)CO2)C(=O)N1. The molecule has 0 unspecified atom stereocenters. The monoisotopic (exact) mass is 1350 g/mol. The van der Waals surface area contributed by atoms with Gasteiger partial charge < -0.3 is 76.4 Å². The molecule has 11 amide bonds. The number of methoxy groups -OCH3 is 1. The molecule has 26 nitrogen and oxygen atoms in total. The van der Waals surface area contributed by atoms with Crippen LogP contribution in [0.25, 0.3) is 10.9 Å². The molecule has 2 saturated heterocycles. The number of ether oxygens (including phenoxy) is 3. The van der Waals surface area contributed by atoms with Crippen LogP contribution in [0, 0.1) is 5.82 Å². The van der Waals surface area contributed by atoms with E-state index in [1.807, 2.05) is 41.8 Å². The van der Waals surface area contributed by atoms with Crippen LogP contribution in [-0.4, -0.2) is 175 Å². The van der Waals surface area contributed by atoms with Gasteiger partial charge in [-0.2, -0.15) is 0 Å². The molecule has 1 aromatic heterocycles. The van der Waals surface area contributed by atoms with Gasteiger partial charge in [-0.05, 0) is 128 Å². The lowest BCUT2D eigenvalue weighted by Gasteiger charge is -2.36. The number of halogens is 1. The van der Waals surface area contributed by atoms with Crippen LogP contribution in [0.1, 0.15) is 111 Å². The van der Waals surface area contributed by atoms with E-state index in [2.05, 4.69) is 47.9 Å². The smallest absolute Gasteiger partial charge is 0.246 e. The summed E-state index contributed by atoms with van der Waals surface area (Å²) >= 11 is 0. The Balaban J connectivity index is 0.947. The third kappa shape index (κ3) is 19.1. The van der Waals surface area contributed by atoms with E-state index >= 15 is 9.18 Å². The van der Waals surface area contributed by atoms with E-state index in [4.69, 9.17) is 14.2 Å². The van der Waals surface area contributed by atoms with Gasteiger partial charge in [0, 0.05) is 102 Å². The van der Waals surface area contributed by atoms with Crippen molar-refractivity contribution >= 4 is 76.4 Å². The molecule has 0 saturated carbocycles. The fourth-order valence-electron chi connectivity index (χ4n) is 13.0. The van der Waals surface area contributed by atoms with E-state index in [1.54, 1.807) is 67.6 Å². The van der Waals surface area contributed by atoms with E-state index in [9.17, 15) is 47.9 Å². The van der Waals surface area contributed by atoms with Crippen LogP contribution in [0.4, 0.5) is 4.39 Å². The largest absolute Gasteiger partial charge is 0.497 e. The van der Waals surface area contributed by atoms with Gasteiger partial charge in [-0.3, -0.25) is 52.7 Å². The minimum atomic E-state index is -1.43. The summed E-state index contributed by atoms with van der Waals surface area (Å²) in [5.74, 6) is -5.69. The highest BCUT2D eigenvalue weighted by Gasteiger charge is 2.48. The number of hydrogen-bond acceptors (Lipinski definition) is 14. The predicted octanol–water partition coefficient (Wildman–Crippen LogP) is 2.11. The fraction of sp³-hybridized carbons (Fsp3) is 0.479. The van der Waals surface area contributed by atoms with Crippen molar-refractivity contribution in [3.8, 4) is 5.75 Å². The summed E-state index contributed by atoms with van der Waals surface area (Å²) in [5.41, 5.74) is 4.27. The second-order valence-corrected chi connectivity index (χ2v) is 25.5. The van der Waals surface area contributed by atoms with Gasteiger partial charge in [0.05, 0.1) is 26.4 Å². The molecule has 98 heavy (non-hydrogen) atoms. The maximum absolute atomic E-state index is 15.5. The zero-order valence-electron chi connectivity index (χ0n) is 55.9. The molecule has 0 radical (unpaired) electrons. The Kier molecular flexibility index (Phi) is 25.5. The average molecular weight is 1350 g/mol. The van der Waals surface area contributed by atoms with Gasteiger partial charge in [-0.1, -0.05) is 61.5 Å². The van der Waals surface area contributed by atoms with Gasteiger partial charge in [-0.15, -0.1) is 0 Å². The van der Waals surface area contributed by atoms with Crippen LogP contribution in [0.3, 0.4) is 0 Å². The Labute approximate surface area is 568 Å². The number of likely N-dealkylation sites (tertiary alicyclic amines) is 1. The van der Waals surface area contributed by atoms with Crippen LogP contribution < -0.4 is 52.6 Å². The summed E-state index contributed by atoms with van der Waals surface area (Å²) in [4.78, 5) is 154. The molecule has 9 rings (SSSR count). The Hall–Kier alpha value is -9.76. The minimum absolute atomic E-state index is 0.00779. The Bertz CT molecular complexity index is 3730. The van der Waals surface area contributed by atoms with Crippen LogP contribution in [0.15, 0.2) is 91.1 Å². The van der Waals surface area contributed by atoms with Gasteiger partial charge in [0.1, 0.15) is 53.9 Å². The number of rotatable bonds is 13. The van der Waals surface area contributed by atoms with Crippen LogP contribution in [-0.2, 0) is 114 Å². The number of nitrogens with one attached hydrogen (secondary N) is 9. The van der Waals surface area contributed by atoms with Crippen molar-refractivity contribution in [3.63, 3.8) is 0 Å². The molecule has 5 aromatic rings. The molecule has 7 atom stereocenters. The number of fused-ring (bicyclic) bond motifs is 13. The van der Waals surface area contributed by atoms with Crippen molar-refractivity contribution in [2.75, 3.05) is 53.0 Å². The molecule has 524 valence electrons. The molecular formula is C71H89FN12O14.